The maximum absolute atomic E-state index is 12.7. The van der Waals surface area contributed by atoms with E-state index in [1.807, 2.05) is 54.6 Å². The van der Waals surface area contributed by atoms with Gasteiger partial charge in [0.1, 0.15) is 0 Å². The van der Waals surface area contributed by atoms with Crippen LogP contribution in [0.4, 0.5) is 0 Å². The molecule has 1 atom stereocenters. The van der Waals surface area contributed by atoms with Crippen molar-refractivity contribution in [2.24, 2.45) is 0 Å². The molecule has 0 spiro atoms. The molecule has 2 aromatic carbocycles. The molecule has 0 aliphatic carbocycles. The highest BCUT2D eigenvalue weighted by molar-refractivity contribution is 9.10. The molecule has 5 nitrogen and oxygen atoms in total. The molecule has 0 bridgehead atoms. The molecule has 0 saturated heterocycles. The molecule has 2 N–H and O–H groups in total. The molecule has 0 saturated carbocycles. The van der Waals surface area contributed by atoms with E-state index in [1.165, 1.54) is 6.92 Å². The first kappa shape index (κ1) is 18.4. The molecular weight excluding hydrogens is 396 g/mol. The Morgan fingerprint density at radius 2 is 1.85 bits per heavy atom. The molecular formula is C20H19BrN2O3. The van der Waals surface area contributed by atoms with Crippen LogP contribution in [0.1, 0.15) is 23.7 Å². The number of aromatic nitrogens is 1. The topological polar surface area (TPSA) is 75.4 Å². The average molecular weight is 415 g/mol. The lowest BCUT2D eigenvalue weighted by Gasteiger charge is -2.23. The van der Waals surface area contributed by atoms with Gasteiger partial charge in [0.25, 0.3) is 5.91 Å². The van der Waals surface area contributed by atoms with Crippen molar-refractivity contribution >= 4 is 21.8 Å². The fraction of sp³-hybridized carbons (Fsp3) is 0.200. The van der Waals surface area contributed by atoms with Gasteiger partial charge in [0.05, 0.1) is 11.3 Å². The van der Waals surface area contributed by atoms with Gasteiger partial charge < -0.3 is 14.9 Å². The molecule has 1 unspecified atom stereocenters. The van der Waals surface area contributed by atoms with Crippen molar-refractivity contribution in [3.05, 3.63) is 75.9 Å². The van der Waals surface area contributed by atoms with Crippen LogP contribution in [0.15, 0.2) is 63.6 Å². The van der Waals surface area contributed by atoms with Gasteiger partial charge in [0.2, 0.25) is 0 Å². The highest BCUT2D eigenvalue weighted by Gasteiger charge is 2.39. The van der Waals surface area contributed by atoms with Crippen LogP contribution >= 0.6 is 15.9 Å². The number of amides is 1. The van der Waals surface area contributed by atoms with E-state index >= 15 is 0 Å². The van der Waals surface area contributed by atoms with E-state index in [4.69, 9.17) is 4.52 Å². The number of halogens is 1. The molecule has 1 amide bonds. The Labute approximate surface area is 160 Å². The number of aryl methyl sites for hydroxylation is 1. The minimum atomic E-state index is -1.78. The summed E-state index contributed by atoms with van der Waals surface area (Å²) in [5, 5.41) is 17.7. The van der Waals surface area contributed by atoms with Crippen LogP contribution in [0.25, 0.3) is 11.3 Å². The summed E-state index contributed by atoms with van der Waals surface area (Å²) in [5.74, 6) is -0.124. The zero-order valence-corrected chi connectivity index (χ0v) is 16.1. The minimum Gasteiger partial charge on any atom is -0.375 e. The normalized spacial score (nSPS) is 13.2. The summed E-state index contributed by atoms with van der Waals surface area (Å²) in [6.45, 7) is 3.49. The van der Waals surface area contributed by atoms with Gasteiger partial charge in [-0.2, -0.15) is 0 Å². The van der Waals surface area contributed by atoms with E-state index in [9.17, 15) is 9.90 Å². The van der Waals surface area contributed by atoms with Crippen molar-refractivity contribution in [1.29, 1.82) is 0 Å². The van der Waals surface area contributed by atoms with E-state index in [0.29, 0.717) is 23.6 Å². The predicted molar refractivity (Wildman–Crippen MR) is 102 cm³/mol. The summed E-state index contributed by atoms with van der Waals surface area (Å²) >= 11 is 3.39. The summed E-state index contributed by atoms with van der Waals surface area (Å²) < 4.78 is 6.34. The molecule has 6 heteroatoms. The second-order valence-corrected chi connectivity index (χ2v) is 7.14. The number of nitrogens with zero attached hydrogens (tertiary/aromatic N) is 1. The Morgan fingerprint density at radius 1 is 1.19 bits per heavy atom. The van der Waals surface area contributed by atoms with E-state index in [0.717, 1.165) is 15.6 Å². The Bertz CT molecular complexity index is 903. The summed E-state index contributed by atoms with van der Waals surface area (Å²) in [6, 6.07) is 16.9. The molecule has 1 aromatic heterocycles. The van der Waals surface area contributed by atoms with Gasteiger partial charge in [-0.15, -0.1) is 0 Å². The second kappa shape index (κ2) is 7.43. The van der Waals surface area contributed by atoms with E-state index < -0.39 is 11.5 Å². The number of rotatable bonds is 5. The highest BCUT2D eigenvalue weighted by Crippen LogP contribution is 2.35. The van der Waals surface area contributed by atoms with Crippen LogP contribution < -0.4 is 5.32 Å². The summed E-state index contributed by atoms with van der Waals surface area (Å²) in [5.41, 5.74) is 0.751. The largest absolute Gasteiger partial charge is 0.375 e. The lowest BCUT2D eigenvalue weighted by Crippen LogP contribution is -2.42. The Kier molecular flexibility index (Phi) is 5.25. The zero-order chi connectivity index (χ0) is 18.7. The lowest BCUT2D eigenvalue weighted by molar-refractivity contribution is -0.139. The molecule has 134 valence electrons. The van der Waals surface area contributed by atoms with Gasteiger partial charge in [-0.1, -0.05) is 63.6 Å². The van der Waals surface area contributed by atoms with Gasteiger partial charge in [0.15, 0.2) is 11.4 Å². The van der Waals surface area contributed by atoms with Crippen LogP contribution in [0.3, 0.4) is 0 Å². The fourth-order valence-corrected chi connectivity index (χ4v) is 3.07. The summed E-state index contributed by atoms with van der Waals surface area (Å²) in [7, 11) is 0. The van der Waals surface area contributed by atoms with Crippen LogP contribution in [-0.4, -0.2) is 16.2 Å². The lowest BCUT2D eigenvalue weighted by atomic mass is 9.91. The third kappa shape index (κ3) is 3.71. The van der Waals surface area contributed by atoms with E-state index in [1.54, 1.807) is 6.92 Å². The number of hydrogen-bond donors (Lipinski definition) is 2. The van der Waals surface area contributed by atoms with Crippen molar-refractivity contribution in [2.75, 3.05) is 0 Å². The van der Waals surface area contributed by atoms with E-state index in [-0.39, 0.29) is 0 Å². The smallest absolute Gasteiger partial charge is 0.256 e. The number of nitrogens with one attached hydrogen (secondary N) is 1. The number of benzene rings is 2. The van der Waals surface area contributed by atoms with Crippen molar-refractivity contribution in [3.8, 4) is 11.3 Å². The zero-order valence-electron chi connectivity index (χ0n) is 14.5. The molecule has 26 heavy (non-hydrogen) atoms. The average Bonchev–Trinajstić information content (AvgIpc) is 3.03. The van der Waals surface area contributed by atoms with Gasteiger partial charge in [-0.05, 0) is 31.5 Å². The van der Waals surface area contributed by atoms with Gasteiger partial charge in [-0.25, -0.2) is 0 Å². The van der Waals surface area contributed by atoms with E-state index in [2.05, 4.69) is 26.4 Å². The Hall–Kier alpha value is -2.44. The maximum Gasteiger partial charge on any atom is 0.256 e. The molecule has 0 radical (unpaired) electrons. The number of aliphatic hydroxyl groups is 1. The van der Waals surface area contributed by atoms with Crippen LogP contribution in [-0.2, 0) is 16.9 Å². The van der Waals surface area contributed by atoms with Crippen LogP contribution in [0, 0.1) is 6.92 Å². The van der Waals surface area contributed by atoms with Gasteiger partial charge >= 0.3 is 0 Å². The number of carbonyl (C=O) groups is 1. The molecule has 3 rings (SSSR count). The van der Waals surface area contributed by atoms with Crippen LogP contribution in [0.5, 0.6) is 0 Å². The second-order valence-electron chi connectivity index (χ2n) is 6.22. The highest BCUT2D eigenvalue weighted by atomic mass is 79.9. The molecule has 1 heterocycles. The van der Waals surface area contributed by atoms with Crippen molar-refractivity contribution in [1.82, 2.24) is 10.5 Å². The quantitative estimate of drug-likeness (QED) is 0.662. The van der Waals surface area contributed by atoms with Gasteiger partial charge in [0, 0.05) is 16.6 Å². The molecule has 3 aromatic rings. The molecule has 0 fully saturated rings. The third-order valence-corrected chi connectivity index (χ3v) is 4.72. The Morgan fingerprint density at radius 3 is 2.50 bits per heavy atom. The first-order valence-corrected chi connectivity index (χ1v) is 8.96. The van der Waals surface area contributed by atoms with Crippen LogP contribution in [0.2, 0.25) is 0 Å². The summed E-state index contributed by atoms with van der Waals surface area (Å²) in [4.78, 5) is 12.7. The first-order chi connectivity index (χ1) is 12.4. The minimum absolute atomic E-state index is 0.327. The van der Waals surface area contributed by atoms with Crippen molar-refractivity contribution in [3.63, 3.8) is 0 Å². The third-order valence-electron chi connectivity index (χ3n) is 4.19. The molecule has 0 aliphatic heterocycles. The number of carbonyl (C=O) groups excluding carboxylic acids is 1. The predicted octanol–water partition coefficient (Wildman–Crippen LogP) is 3.94. The Balaban J connectivity index is 1.88. The number of hydrogen-bond acceptors (Lipinski definition) is 4. The fourth-order valence-electron chi connectivity index (χ4n) is 2.81. The monoisotopic (exact) mass is 414 g/mol. The summed E-state index contributed by atoms with van der Waals surface area (Å²) in [6.07, 6.45) is 0. The maximum atomic E-state index is 12.7. The van der Waals surface area contributed by atoms with Crippen molar-refractivity contribution < 1.29 is 14.4 Å². The first-order valence-electron chi connectivity index (χ1n) is 8.17. The van der Waals surface area contributed by atoms with Gasteiger partial charge in [-0.3, -0.25) is 4.79 Å². The molecule has 0 aliphatic rings. The van der Waals surface area contributed by atoms with Crippen molar-refractivity contribution in [2.45, 2.75) is 26.0 Å². The SMILES string of the molecule is Cc1noc(-c2ccc(Br)cc2)c1C(C)(O)C(=O)NCc1ccccc1. The standard InChI is InChI=1S/C20H19BrN2O3/c1-13-17(18(26-23-13)15-8-10-16(21)11-9-15)20(2,25)19(24)22-12-14-6-4-3-5-7-14/h3-11,25H,12H2,1-2H3,(H,22,24).